The van der Waals surface area contributed by atoms with Gasteiger partial charge in [0, 0.05) is 18.5 Å². The van der Waals surface area contributed by atoms with E-state index in [0.29, 0.717) is 6.61 Å². The minimum atomic E-state index is -0.960. The Morgan fingerprint density at radius 3 is 2.47 bits per heavy atom. The minimum absolute atomic E-state index is 0.479. The van der Waals surface area contributed by atoms with Crippen LogP contribution in [0.2, 0.25) is 0 Å². The summed E-state index contributed by atoms with van der Waals surface area (Å²) < 4.78 is 5.60. The van der Waals surface area contributed by atoms with E-state index in [9.17, 15) is 4.79 Å². The fourth-order valence-corrected chi connectivity index (χ4v) is 1.49. The summed E-state index contributed by atoms with van der Waals surface area (Å²) in [6.07, 6.45) is 6.08. The Morgan fingerprint density at radius 1 is 1.16 bits per heavy atom. The van der Waals surface area contributed by atoms with Crippen LogP contribution in [-0.2, 0) is 11.4 Å². The number of carbonyl (C=O) groups is 1. The van der Waals surface area contributed by atoms with Crippen LogP contribution >= 0.6 is 0 Å². The topological polar surface area (TPSA) is 59.4 Å². The number of hydrogen-bond acceptors (Lipinski definition) is 3. The van der Waals surface area contributed by atoms with Gasteiger partial charge in [0.05, 0.1) is 0 Å². The van der Waals surface area contributed by atoms with Gasteiger partial charge in [0.1, 0.15) is 12.4 Å². The number of aromatic nitrogens is 1. The fourth-order valence-electron chi connectivity index (χ4n) is 1.49. The molecule has 0 atom stereocenters. The molecule has 0 unspecified atom stereocenters. The first-order valence-electron chi connectivity index (χ1n) is 5.77. The molecule has 0 amide bonds. The van der Waals surface area contributed by atoms with Crippen molar-refractivity contribution in [3.05, 3.63) is 66.0 Å². The SMILES string of the molecule is O=C(O)C=Cc1ccc(OCc2ccncc2)cc1. The number of benzene rings is 1. The lowest BCUT2D eigenvalue weighted by Crippen LogP contribution is -1.95. The van der Waals surface area contributed by atoms with Crippen LogP contribution < -0.4 is 4.74 Å². The second kappa shape index (κ2) is 6.35. The summed E-state index contributed by atoms with van der Waals surface area (Å²) in [5.74, 6) is -0.220. The molecule has 1 aromatic carbocycles. The molecule has 0 saturated heterocycles. The molecule has 0 aliphatic carbocycles. The zero-order chi connectivity index (χ0) is 13.5. The molecule has 1 N–H and O–H groups in total. The van der Waals surface area contributed by atoms with Crippen molar-refractivity contribution < 1.29 is 14.6 Å². The van der Waals surface area contributed by atoms with Crippen LogP contribution in [0.4, 0.5) is 0 Å². The lowest BCUT2D eigenvalue weighted by atomic mass is 10.2. The zero-order valence-corrected chi connectivity index (χ0v) is 10.2. The Kier molecular flexibility index (Phi) is 4.29. The number of ether oxygens (including phenoxy) is 1. The number of rotatable bonds is 5. The normalized spacial score (nSPS) is 10.5. The van der Waals surface area contributed by atoms with Gasteiger partial charge in [-0.3, -0.25) is 4.98 Å². The Morgan fingerprint density at radius 2 is 1.84 bits per heavy atom. The summed E-state index contributed by atoms with van der Waals surface area (Å²) in [5, 5.41) is 8.52. The van der Waals surface area contributed by atoms with Crippen LogP contribution in [0.25, 0.3) is 6.08 Å². The molecule has 1 aromatic heterocycles. The molecule has 0 spiro atoms. The van der Waals surface area contributed by atoms with E-state index in [2.05, 4.69) is 4.98 Å². The number of pyridine rings is 1. The predicted molar refractivity (Wildman–Crippen MR) is 71.7 cm³/mol. The molecule has 4 heteroatoms. The maximum absolute atomic E-state index is 10.4. The van der Waals surface area contributed by atoms with Crippen molar-refractivity contribution in [2.75, 3.05) is 0 Å². The summed E-state index contributed by atoms with van der Waals surface area (Å²) in [6.45, 7) is 0.479. The van der Waals surface area contributed by atoms with Gasteiger partial charge in [-0.1, -0.05) is 12.1 Å². The second-order valence-electron chi connectivity index (χ2n) is 3.88. The van der Waals surface area contributed by atoms with Gasteiger partial charge in [-0.2, -0.15) is 0 Å². The molecule has 0 radical (unpaired) electrons. The van der Waals surface area contributed by atoms with E-state index in [1.165, 1.54) is 6.08 Å². The molecular formula is C15H13NO3. The quantitative estimate of drug-likeness (QED) is 0.834. The Balaban J connectivity index is 1.94. The van der Waals surface area contributed by atoms with E-state index in [4.69, 9.17) is 9.84 Å². The third-order valence-corrected chi connectivity index (χ3v) is 2.45. The molecule has 1 heterocycles. The van der Waals surface area contributed by atoms with Gasteiger partial charge < -0.3 is 9.84 Å². The molecule has 0 aliphatic heterocycles. The van der Waals surface area contributed by atoms with Gasteiger partial charge >= 0.3 is 5.97 Å². The summed E-state index contributed by atoms with van der Waals surface area (Å²) >= 11 is 0. The van der Waals surface area contributed by atoms with Crippen molar-refractivity contribution in [1.82, 2.24) is 4.98 Å². The van der Waals surface area contributed by atoms with Crippen molar-refractivity contribution in [3.8, 4) is 5.75 Å². The molecule has 0 saturated carbocycles. The van der Waals surface area contributed by atoms with Gasteiger partial charge in [-0.15, -0.1) is 0 Å². The highest BCUT2D eigenvalue weighted by Crippen LogP contribution is 2.14. The number of hydrogen-bond donors (Lipinski definition) is 1. The van der Waals surface area contributed by atoms with Crippen molar-refractivity contribution >= 4 is 12.0 Å². The van der Waals surface area contributed by atoms with E-state index < -0.39 is 5.97 Å². The summed E-state index contributed by atoms with van der Waals surface area (Å²) in [7, 11) is 0. The summed E-state index contributed by atoms with van der Waals surface area (Å²) in [4.78, 5) is 14.3. The highest BCUT2D eigenvalue weighted by atomic mass is 16.5. The lowest BCUT2D eigenvalue weighted by molar-refractivity contribution is -0.131. The van der Waals surface area contributed by atoms with Gasteiger partial charge in [0.15, 0.2) is 0 Å². The summed E-state index contributed by atoms with van der Waals surface area (Å²) in [5.41, 5.74) is 1.86. The third-order valence-electron chi connectivity index (χ3n) is 2.45. The lowest BCUT2D eigenvalue weighted by Gasteiger charge is -2.06. The third kappa shape index (κ3) is 4.27. The van der Waals surface area contributed by atoms with Gasteiger partial charge in [-0.05, 0) is 41.5 Å². The van der Waals surface area contributed by atoms with Crippen LogP contribution in [0.1, 0.15) is 11.1 Å². The van der Waals surface area contributed by atoms with Crippen LogP contribution in [0.3, 0.4) is 0 Å². The zero-order valence-electron chi connectivity index (χ0n) is 10.2. The van der Waals surface area contributed by atoms with Crippen molar-refractivity contribution in [2.45, 2.75) is 6.61 Å². The molecule has 4 nitrogen and oxygen atoms in total. The monoisotopic (exact) mass is 255 g/mol. The maximum atomic E-state index is 10.4. The van der Waals surface area contributed by atoms with Crippen LogP contribution in [0, 0.1) is 0 Å². The second-order valence-corrected chi connectivity index (χ2v) is 3.88. The molecule has 0 bridgehead atoms. The molecule has 96 valence electrons. The predicted octanol–water partition coefficient (Wildman–Crippen LogP) is 2.76. The van der Waals surface area contributed by atoms with Crippen LogP contribution in [0.5, 0.6) is 5.75 Å². The van der Waals surface area contributed by atoms with Gasteiger partial charge in [0.2, 0.25) is 0 Å². The largest absolute Gasteiger partial charge is 0.489 e. The highest BCUT2D eigenvalue weighted by molar-refractivity contribution is 5.85. The molecule has 2 aromatic rings. The molecule has 0 aliphatic rings. The van der Waals surface area contributed by atoms with Crippen molar-refractivity contribution in [1.29, 1.82) is 0 Å². The molecular weight excluding hydrogens is 242 g/mol. The standard InChI is InChI=1S/C15H13NO3/c17-15(18)6-3-12-1-4-14(5-2-12)19-11-13-7-9-16-10-8-13/h1-10H,11H2,(H,17,18). The van der Waals surface area contributed by atoms with E-state index in [-0.39, 0.29) is 0 Å². The Labute approximate surface area is 111 Å². The van der Waals surface area contributed by atoms with E-state index >= 15 is 0 Å². The number of carboxylic acids is 1. The number of aliphatic carboxylic acids is 1. The molecule has 2 rings (SSSR count). The van der Waals surface area contributed by atoms with E-state index in [1.807, 2.05) is 24.3 Å². The highest BCUT2D eigenvalue weighted by Gasteiger charge is 1.96. The Hall–Kier alpha value is -2.62. The Bertz CT molecular complexity index is 562. The molecule has 19 heavy (non-hydrogen) atoms. The average molecular weight is 255 g/mol. The average Bonchev–Trinajstić information content (AvgIpc) is 2.45. The van der Waals surface area contributed by atoms with Crippen LogP contribution in [-0.4, -0.2) is 16.1 Å². The van der Waals surface area contributed by atoms with Crippen LogP contribution in [0.15, 0.2) is 54.9 Å². The number of nitrogens with zero attached hydrogens (tertiary/aromatic N) is 1. The van der Waals surface area contributed by atoms with Gasteiger partial charge in [-0.25, -0.2) is 4.79 Å². The molecule has 0 fully saturated rings. The van der Waals surface area contributed by atoms with E-state index in [1.54, 1.807) is 24.5 Å². The fraction of sp³-hybridized carbons (Fsp3) is 0.0667. The number of carboxylic acid groups (broad SMARTS) is 1. The van der Waals surface area contributed by atoms with E-state index in [0.717, 1.165) is 23.0 Å². The van der Waals surface area contributed by atoms with Gasteiger partial charge in [0.25, 0.3) is 0 Å². The summed E-state index contributed by atoms with van der Waals surface area (Å²) in [6, 6.07) is 11.0. The minimum Gasteiger partial charge on any atom is -0.489 e. The smallest absolute Gasteiger partial charge is 0.328 e. The first-order valence-corrected chi connectivity index (χ1v) is 5.77. The van der Waals surface area contributed by atoms with Crippen molar-refractivity contribution in [2.24, 2.45) is 0 Å². The first-order chi connectivity index (χ1) is 9.24. The first kappa shape index (κ1) is 12.8. The van der Waals surface area contributed by atoms with Crippen molar-refractivity contribution in [3.63, 3.8) is 0 Å². The maximum Gasteiger partial charge on any atom is 0.328 e.